The molecule has 0 aliphatic heterocycles. The summed E-state index contributed by atoms with van der Waals surface area (Å²) < 4.78 is 13.5. The van der Waals surface area contributed by atoms with Gasteiger partial charge in [-0.25, -0.2) is 9.18 Å². The monoisotopic (exact) mass is 208 g/mol. The largest absolute Gasteiger partial charge is 0.479 e. The molecule has 0 aromatic heterocycles. The maximum atomic E-state index is 13.5. The number of fused-ring (bicyclic) bond motifs is 1. The Morgan fingerprint density at radius 2 is 2.20 bits per heavy atom. The summed E-state index contributed by atoms with van der Waals surface area (Å²) in [6.45, 7) is 0. The summed E-state index contributed by atoms with van der Waals surface area (Å²) >= 11 is 0. The summed E-state index contributed by atoms with van der Waals surface area (Å²) in [7, 11) is 0. The molecule has 0 saturated carbocycles. The van der Waals surface area contributed by atoms with Crippen molar-refractivity contribution in [2.75, 3.05) is 0 Å². The number of hydrogen-bond donors (Lipinski definition) is 1. The van der Waals surface area contributed by atoms with Gasteiger partial charge in [0.05, 0.1) is 0 Å². The van der Waals surface area contributed by atoms with Crippen molar-refractivity contribution in [3.63, 3.8) is 0 Å². The van der Waals surface area contributed by atoms with Crippen LogP contribution < -0.4 is 0 Å². The van der Waals surface area contributed by atoms with E-state index in [0.717, 1.165) is 24.0 Å². The second kappa shape index (κ2) is 4.01. The molecule has 1 aliphatic rings. The molecule has 1 aromatic carbocycles. The van der Waals surface area contributed by atoms with Crippen LogP contribution in [0.3, 0.4) is 0 Å². The minimum absolute atomic E-state index is 0.465. The van der Waals surface area contributed by atoms with E-state index < -0.39 is 18.1 Å². The molecule has 0 amide bonds. The zero-order valence-corrected chi connectivity index (χ0v) is 8.32. The molecule has 3 heteroatoms. The number of carboxylic acids is 1. The molecule has 0 fully saturated rings. The molecule has 2 nitrogen and oxygen atoms in total. The third-order valence-electron chi connectivity index (χ3n) is 3.00. The second-order valence-corrected chi connectivity index (χ2v) is 3.94. The molecule has 2 rings (SSSR count). The zero-order chi connectivity index (χ0) is 10.8. The molecule has 0 bridgehead atoms. The Balaban J connectivity index is 2.33. The molecule has 0 saturated heterocycles. The van der Waals surface area contributed by atoms with Crippen molar-refractivity contribution in [2.24, 2.45) is 0 Å². The molecule has 1 aliphatic carbocycles. The van der Waals surface area contributed by atoms with Crippen LogP contribution in [0.25, 0.3) is 0 Å². The van der Waals surface area contributed by atoms with Gasteiger partial charge in [0.1, 0.15) is 0 Å². The first-order chi connectivity index (χ1) is 7.20. The average Bonchev–Trinajstić information content (AvgIpc) is 2.27. The number of carbonyl (C=O) groups is 1. The molecule has 0 radical (unpaired) electrons. The van der Waals surface area contributed by atoms with E-state index >= 15 is 0 Å². The van der Waals surface area contributed by atoms with Gasteiger partial charge >= 0.3 is 5.97 Å². The number of aliphatic carboxylic acids is 1. The third-order valence-corrected chi connectivity index (χ3v) is 3.00. The number of halogens is 1. The molecule has 15 heavy (non-hydrogen) atoms. The lowest BCUT2D eigenvalue weighted by Gasteiger charge is -2.26. The van der Waals surface area contributed by atoms with Gasteiger partial charge in [0.15, 0.2) is 0 Å². The first-order valence-corrected chi connectivity index (χ1v) is 5.15. The third kappa shape index (κ3) is 1.87. The Labute approximate surface area is 87.7 Å². The van der Waals surface area contributed by atoms with Crippen molar-refractivity contribution in [1.82, 2.24) is 0 Å². The minimum atomic E-state index is -1.77. The fourth-order valence-corrected chi connectivity index (χ4v) is 2.27. The summed E-state index contributed by atoms with van der Waals surface area (Å²) in [6, 6.07) is 7.55. The highest BCUT2D eigenvalue weighted by atomic mass is 19.1. The van der Waals surface area contributed by atoms with Gasteiger partial charge in [0.2, 0.25) is 6.17 Å². The first kappa shape index (κ1) is 10.1. The summed E-state index contributed by atoms with van der Waals surface area (Å²) in [5.41, 5.74) is 1.97. The Hall–Kier alpha value is -1.38. The van der Waals surface area contributed by atoms with E-state index in [-0.39, 0.29) is 0 Å². The van der Waals surface area contributed by atoms with Crippen molar-refractivity contribution in [3.05, 3.63) is 35.4 Å². The highest BCUT2D eigenvalue weighted by Gasteiger charge is 2.32. The van der Waals surface area contributed by atoms with Crippen LogP contribution in [0.2, 0.25) is 0 Å². The molecule has 1 aromatic rings. The van der Waals surface area contributed by atoms with Crippen LogP contribution in [0.4, 0.5) is 4.39 Å². The van der Waals surface area contributed by atoms with Gasteiger partial charge in [-0.1, -0.05) is 24.3 Å². The highest BCUT2D eigenvalue weighted by molar-refractivity contribution is 5.73. The van der Waals surface area contributed by atoms with E-state index in [1.54, 1.807) is 0 Å². The molecule has 2 unspecified atom stereocenters. The molecule has 80 valence electrons. The van der Waals surface area contributed by atoms with Crippen LogP contribution in [-0.4, -0.2) is 17.2 Å². The average molecular weight is 208 g/mol. The fourth-order valence-electron chi connectivity index (χ4n) is 2.27. The number of rotatable bonds is 2. The smallest absolute Gasteiger partial charge is 0.338 e. The van der Waals surface area contributed by atoms with Crippen molar-refractivity contribution in [2.45, 2.75) is 31.4 Å². The molecule has 2 atom stereocenters. The maximum absolute atomic E-state index is 13.5. The number of hydrogen-bond acceptors (Lipinski definition) is 1. The van der Waals surface area contributed by atoms with Gasteiger partial charge in [0, 0.05) is 5.92 Å². The molecular weight excluding hydrogens is 195 g/mol. The SMILES string of the molecule is O=C(O)C(F)C1CCCc2ccccc21. The van der Waals surface area contributed by atoms with Gasteiger partial charge < -0.3 is 5.11 Å². The lowest BCUT2D eigenvalue weighted by Crippen LogP contribution is -2.26. The van der Waals surface area contributed by atoms with Gasteiger partial charge in [-0.2, -0.15) is 0 Å². The minimum Gasteiger partial charge on any atom is -0.479 e. The Kier molecular flexibility index (Phi) is 2.71. The number of alkyl halides is 1. The van der Waals surface area contributed by atoms with Crippen LogP contribution in [0, 0.1) is 0 Å². The summed E-state index contributed by atoms with van der Waals surface area (Å²) in [6.07, 6.45) is 0.658. The van der Waals surface area contributed by atoms with Crippen LogP contribution in [0.1, 0.15) is 29.9 Å². The summed E-state index contributed by atoms with van der Waals surface area (Å²) in [4.78, 5) is 10.6. The normalized spacial score (nSPS) is 21.8. The Morgan fingerprint density at radius 3 is 2.93 bits per heavy atom. The predicted octanol–water partition coefficient (Wildman–Crippen LogP) is 2.53. The van der Waals surface area contributed by atoms with E-state index in [1.807, 2.05) is 24.3 Å². The topological polar surface area (TPSA) is 37.3 Å². The number of benzene rings is 1. The van der Waals surface area contributed by atoms with Gasteiger partial charge in [0.25, 0.3) is 0 Å². The number of aryl methyl sites for hydroxylation is 1. The second-order valence-electron chi connectivity index (χ2n) is 3.94. The van der Waals surface area contributed by atoms with E-state index in [0.29, 0.717) is 6.42 Å². The lowest BCUT2D eigenvalue weighted by atomic mass is 9.80. The maximum Gasteiger partial charge on any atom is 0.338 e. The first-order valence-electron chi connectivity index (χ1n) is 5.15. The van der Waals surface area contributed by atoms with Crippen LogP contribution in [0.15, 0.2) is 24.3 Å². The Bertz CT molecular complexity index is 376. The van der Waals surface area contributed by atoms with Gasteiger partial charge in [-0.3, -0.25) is 0 Å². The van der Waals surface area contributed by atoms with Crippen molar-refractivity contribution in [1.29, 1.82) is 0 Å². The molecule has 0 spiro atoms. The molecule has 1 N–H and O–H groups in total. The van der Waals surface area contributed by atoms with Crippen LogP contribution >= 0.6 is 0 Å². The van der Waals surface area contributed by atoms with E-state index in [1.165, 1.54) is 0 Å². The van der Waals surface area contributed by atoms with Crippen molar-refractivity contribution < 1.29 is 14.3 Å². The molecular formula is C12H13FO2. The van der Waals surface area contributed by atoms with E-state index in [4.69, 9.17) is 5.11 Å². The summed E-state index contributed by atoms with van der Waals surface area (Å²) in [5, 5.41) is 8.68. The molecule has 0 heterocycles. The van der Waals surface area contributed by atoms with E-state index in [9.17, 15) is 9.18 Å². The van der Waals surface area contributed by atoms with Gasteiger partial charge in [-0.05, 0) is 30.4 Å². The Morgan fingerprint density at radius 1 is 1.47 bits per heavy atom. The van der Waals surface area contributed by atoms with Crippen LogP contribution in [-0.2, 0) is 11.2 Å². The van der Waals surface area contributed by atoms with Crippen LogP contribution in [0.5, 0.6) is 0 Å². The van der Waals surface area contributed by atoms with Crippen molar-refractivity contribution in [3.8, 4) is 0 Å². The highest BCUT2D eigenvalue weighted by Crippen LogP contribution is 2.35. The summed E-state index contributed by atoms with van der Waals surface area (Å²) in [5.74, 6) is -1.82. The number of carboxylic acid groups (broad SMARTS) is 1. The quantitative estimate of drug-likeness (QED) is 0.810. The van der Waals surface area contributed by atoms with E-state index in [2.05, 4.69) is 0 Å². The lowest BCUT2D eigenvalue weighted by molar-refractivity contribution is -0.143. The zero-order valence-electron chi connectivity index (χ0n) is 8.32. The fraction of sp³-hybridized carbons (Fsp3) is 0.417. The predicted molar refractivity (Wildman–Crippen MR) is 54.7 cm³/mol. The van der Waals surface area contributed by atoms with Crippen molar-refractivity contribution >= 4 is 5.97 Å². The standard InChI is InChI=1S/C12H13FO2/c13-11(12(14)15)10-7-3-5-8-4-1-2-6-9(8)10/h1-2,4,6,10-11H,3,5,7H2,(H,14,15). The van der Waals surface area contributed by atoms with Gasteiger partial charge in [-0.15, -0.1) is 0 Å².